The summed E-state index contributed by atoms with van der Waals surface area (Å²) in [4.78, 5) is 0. The highest BCUT2D eigenvalue weighted by Crippen LogP contribution is 2.24. The normalized spacial score (nSPS) is 10.7. The Morgan fingerprint density at radius 3 is 2.55 bits per heavy atom. The first kappa shape index (κ1) is 13.3. The molecule has 0 atom stereocenters. The Kier molecular flexibility index (Phi) is 3.85. The number of aromatic nitrogens is 2. The van der Waals surface area contributed by atoms with E-state index in [-0.39, 0.29) is 0 Å². The van der Waals surface area contributed by atoms with Gasteiger partial charge in [-0.15, -0.1) is 5.10 Å². The predicted molar refractivity (Wildman–Crippen MR) is 83.0 cm³/mol. The highest BCUT2D eigenvalue weighted by atomic mass is 79.9. The molecule has 0 saturated carbocycles. The molecule has 0 N–H and O–H groups in total. The summed E-state index contributed by atoms with van der Waals surface area (Å²) in [5.74, 6) is 0.802. The van der Waals surface area contributed by atoms with Crippen LogP contribution in [-0.2, 0) is 6.61 Å². The van der Waals surface area contributed by atoms with Crippen molar-refractivity contribution in [1.82, 2.24) is 10.2 Å². The van der Waals surface area contributed by atoms with E-state index in [2.05, 4.69) is 32.2 Å². The van der Waals surface area contributed by atoms with Crippen LogP contribution in [0.4, 0.5) is 0 Å². The van der Waals surface area contributed by atoms with Crippen LogP contribution >= 0.6 is 27.5 Å². The van der Waals surface area contributed by atoms with Gasteiger partial charge in [0.15, 0.2) is 5.15 Å². The minimum absolute atomic E-state index is 0.367. The molecule has 0 radical (unpaired) electrons. The molecule has 1 heterocycles. The van der Waals surface area contributed by atoms with E-state index in [4.69, 9.17) is 16.3 Å². The first-order valence-corrected chi connectivity index (χ1v) is 7.18. The van der Waals surface area contributed by atoms with E-state index in [0.29, 0.717) is 11.8 Å². The maximum atomic E-state index is 5.71. The van der Waals surface area contributed by atoms with Crippen molar-refractivity contribution in [3.8, 4) is 5.75 Å². The molecule has 3 aromatic rings. The summed E-state index contributed by atoms with van der Waals surface area (Å²) in [6.07, 6.45) is 0. The summed E-state index contributed by atoms with van der Waals surface area (Å²) >= 11 is 9.15. The number of ether oxygens (including phenoxy) is 1. The van der Waals surface area contributed by atoms with Crippen molar-refractivity contribution in [1.29, 1.82) is 0 Å². The fraction of sp³-hybridized carbons (Fsp3) is 0.0667. The van der Waals surface area contributed by atoms with Gasteiger partial charge in [-0.3, -0.25) is 0 Å². The summed E-state index contributed by atoms with van der Waals surface area (Å²) in [7, 11) is 0. The lowest BCUT2D eigenvalue weighted by atomic mass is 10.1. The Morgan fingerprint density at radius 2 is 1.75 bits per heavy atom. The number of nitrogens with zero attached hydrogens (tertiary/aromatic N) is 2. The maximum Gasteiger partial charge on any atom is 0.151 e. The molecule has 0 saturated heterocycles. The Morgan fingerprint density at radius 1 is 0.950 bits per heavy atom. The first-order valence-electron chi connectivity index (χ1n) is 6.01. The van der Waals surface area contributed by atoms with Crippen molar-refractivity contribution < 1.29 is 4.74 Å². The highest BCUT2D eigenvalue weighted by Gasteiger charge is 2.01. The number of hydrogen-bond donors (Lipinski definition) is 0. The Bertz CT molecular complexity index is 746. The molecule has 5 heteroatoms. The van der Waals surface area contributed by atoms with Gasteiger partial charge in [-0.1, -0.05) is 39.7 Å². The van der Waals surface area contributed by atoms with Crippen molar-refractivity contribution in [3.05, 3.63) is 63.9 Å². The van der Waals surface area contributed by atoms with Gasteiger partial charge in [0.05, 0.1) is 0 Å². The lowest BCUT2D eigenvalue weighted by molar-refractivity contribution is 0.300. The van der Waals surface area contributed by atoms with E-state index in [0.717, 1.165) is 26.7 Å². The van der Waals surface area contributed by atoms with Gasteiger partial charge in [0.1, 0.15) is 18.1 Å². The summed E-state index contributed by atoms with van der Waals surface area (Å²) < 4.78 is 6.78. The van der Waals surface area contributed by atoms with E-state index in [1.165, 1.54) is 0 Å². The summed E-state index contributed by atoms with van der Waals surface area (Å²) in [6, 6.07) is 15.6. The molecule has 3 nitrogen and oxygen atoms in total. The smallest absolute Gasteiger partial charge is 0.151 e. The molecule has 0 fully saturated rings. The molecule has 0 aliphatic heterocycles. The van der Waals surface area contributed by atoms with Gasteiger partial charge in [0, 0.05) is 4.47 Å². The van der Waals surface area contributed by atoms with E-state index >= 15 is 0 Å². The van der Waals surface area contributed by atoms with Gasteiger partial charge in [0.25, 0.3) is 0 Å². The summed E-state index contributed by atoms with van der Waals surface area (Å²) in [5, 5.41) is 10.4. The molecule has 2 aromatic carbocycles. The Balaban J connectivity index is 1.77. The first-order chi connectivity index (χ1) is 9.70. The molecule has 0 spiro atoms. The lowest BCUT2D eigenvalue weighted by Crippen LogP contribution is -1.99. The minimum atomic E-state index is 0.367. The van der Waals surface area contributed by atoms with Gasteiger partial charge < -0.3 is 4.74 Å². The Hall–Kier alpha value is -1.65. The average molecular weight is 350 g/mol. The van der Waals surface area contributed by atoms with E-state index < -0.39 is 0 Å². The zero-order valence-corrected chi connectivity index (χ0v) is 12.7. The lowest BCUT2D eigenvalue weighted by Gasteiger charge is -2.07. The highest BCUT2D eigenvalue weighted by molar-refractivity contribution is 9.10. The zero-order chi connectivity index (χ0) is 13.9. The fourth-order valence-corrected chi connectivity index (χ4v) is 2.34. The molecule has 0 aliphatic carbocycles. The predicted octanol–water partition coefficient (Wildman–Crippen LogP) is 4.62. The average Bonchev–Trinajstić information content (AvgIpc) is 2.46. The zero-order valence-electron chi connectivity index (χ0n) is 10.4. The Labute approximate surface area is 129 Å². The van der Waals surface area contributed by atoms with Crippen molar-refractivity contribution in [2.24, 2.45) is 0 Å². The third-order valence-corrected chi connectivity index (χ3v) is 3.54. The van der Waals surface area contributed by atoms with Gasteiger partial charge in [0.2, 0.25) is 0 Å². The van der Waals surface area contributed by atoms with Gasteiger partial charge in [-0.2, -0.15) is 5.10 Å². The topological polar surface area (TPSA) is 35.0 Å². The number of rotatable bonds is 3. The molecule has 0 bridgehead atoms. The van der Waals surface area contributed by atoms with Crippen LogP contribution in [0.1, 0.15) is 5.69 Å². The van der Waals surface area contributed by atoms with Gasteiger partial charge in [-0.05, 0) is 47.2 Å². The number of hydrogen-bond acceptors (Lipinski definition) is 3. The van der Waals surface area contributed by atoms with Crippen LogP contribution in [0.3, 0.4) is 0 Å². The minimum Gasteiger partial charge on any atom is -0.487 e. The molecule has 1 aromatic heterocycles. The molecule has 3 rings (SSSR count). The molecular weight excluding hydrogens is 340 g/mol. The fourth-order valence-electron chi connectivity index (χ4n) is 1.86. The standard InChI is InChI=1S/C15H10BrClN2O/c16-12-3-1-11-8-14(5-2-10(11)7-12)20-9-13-4-6-15(17)19-18-13/h1-8H,9H2. The second kappa shape index (κ2) is 5.77. The van der Waals surface area contributed by atoms with Crippen LogP contribution in [0, 0.1) is 0 Å². The third kappa shape index (κ3) is 3.08. The largest absolute Gasteiger partial charge is 0.487 e. The molecule has 0 aliphatic rings. The number of halogens is 2. The van der Waals surface area contributed by atoms with Crippen LogP contribution < -0.4 is 4.74 Å². The molecule has 0 amide bonds. The third-order valence-electron chi connectivity index (χ3n) is 2.85. The second-order valence-electron chi connectivity index (χ2n) is 4.29. The van der Waals surface area contributed by atoms with Crippen LogP contribution in [0.15, 0.2) is 53.0 Å². The maximum absolute atomic E-state index is 5.71. The van der Waals surface area contributed by atoms with Crippen molar-refractivity contribution in [2.75, 3.05) is 0 Å². The van der Waals surface area contributed by atoms with Gasteiger partial charge >= 0.3 is 0 Å². The molecule has 100 valence electrons. The van der Waals surface area contributed by atoms with E-state index in [1.54, 1.807) is 12.1 Å². The van der Waals surface area contributed by atoms with Crippen molar-refractivity contribution >= 4 is 38.3 Å². The van der Waals surface area contributed by atoms with Crippen molar-refractivity contribution in [2.45, 2.75) is 6.61 Å². The quantitative estimate of drug-likeness (QED) is 0.692. The number of fused-ring (bicyclic) bond motifs is 1. The summed E-state index contributed by atoms with van der Waals surface area (Å²) in [5.41, 5.74) is 0.741. The monoisotopic (exact) mass is 348 g/mol. The van der Waals surface area contributed by atoms with E-state index in [1.807, 2.05) is 30.3 Å². The van der Waals surface area contributed by atoms with E-state index in [9.17, 15) is 0 Å². The van der Waals surface area contributed by atoms with Crippen molar-refractivity contribution in [3.63, 3.8) is 0 Å². The van der Waals surface area contributed by atoms with Crippen LogP contribution in [0.2, 0.25) is 5.15 Å². The summed E-state index contributed by atoms with van der Waals surface area (Å²) in [6.45, 7) is 0.367. The van der Waals surface area contributed by atoms with Crippen LogP contribution in [0.25, 0.3) is 10.8 Å². The van der Waals surface area contributed by atoms with Crippen LogP contribution in [0.5, 0.6) is 5.75 Å². The van der Waals surface area contributed by atoms with Crippen LogP contribution in [-0.4, -0.2) is 10.2 Å². The molecular formula is C15H10BrClN2O. The molecule has 20 heavy (non-hydrogen) atoms. The number of benzene rings is 2. The van der Waals surface area contributed by atoms with Gasteiger partial charge in [-0.25, -0.2) is 0 Å². The second-order valence-corrected chi connectivity index (χ2v) is 5.59. The molecule has 0 unspecified atom stereocenters. The SMILES string of the molecule is Clc1ccc(COc2ccc3cc(Br)ccc3c2)nn1.